The smallest absolute Gasteiger partial charge is 1.00 e. The Hall–Kier alpha value is 0.536. The average Bonchev–Trinajstić information content (AvgIpc) is 2.65. The van der Waals surface area contributed by atoms with E-state index in [1.165, 1.54) is 104 Å². The molecule has 0 rings (SSSR count). The van der Waals surface area contributed by atoms with E-state index in [4.69, 9.17) is 10.2 Å². The zero-order chi connectivity index (χ0) is 20.8. The molecule has 0 saturated heterocycles. The number of unbranched alkanes of at least 4 members (excludes halogenated alkanes) is 14. The monoisotopic (exact) mass is 428 g/mol. The Morgan fingerprint density at radius 2 is 1.07 bits per heavy atom. The van der Waals surface area contributed by atoms with E-state index in [-0.39, 0.29) is 58.8 Å². The van der Waals surface area contributed by atoms with Gasteiger partial charge in [0.2, 0.25) is 0 Å². The molecule has 1 atom stereocenters. The van der Waals surface area contributed by atoms with Gasteiger partial charge in [0.25, 0.3) is 0 Å². The Kier molecular flexibility index (Phi) is 32.6. The number of esters is 1. The maximum absolute atomic E-state index is 10.9. The normalized spacial score (nSPS) is 11.0. The topological polar surface area (TPSA) is 83.8 Å². The summed E-state index contributed by atoms with van der Waals surface area (Å²) in [6.45, 7) is 3.47. The van der Waals surface area contributed by atoms with E-state index in [0.717, 1.165) is 6.42 Å². The number of hydrogen-bond donors (Lipinski definition) is 2. The maximum Gasteiger partial charge on any atom is 1.00 e. The van der Waals surface area contributed by atoms with Gasteiger partial charge in [-0.1, -0.05) is 96.8 Å². The van der Waals surface area contributed by atoms with Crippen LogP contribution in [0.15, 0.2) is 0 Å². The van der Waals surface area contributed by atoms with Gasteiger partial charge in [0, 0.05) is 6.42 Å². The van der Waals surface area contributed by atoms with Crippen LogP contribution in [-0.4, -0.2) is 35.4 Å². The van der Waals surface area contributed by atoms with E-state index in [1.54, 1.807) is 0 Å². The number of aliphatic hydroxyl groups is 1. The fourth-order valence-corrected chi connectivity index (χ4v) is 2.74. The summed E-state index contributed by atoms with van der Waals surface area (Å²) in [4.78, 5) is 20.4. The third-order valence-corrected chi connectivity index (χ3v) is 4.57. The van der Waals surface area contributed by atoms with Crippen LogP contribution in [0.1, 0.15) is 118 Å². The van der Waals surface area contributed by atoms with Gasteiger partial charge >= 0.3 is 63.3 Å². The maximum atomic E-state index is 10.9. The van der Waals surface area contributed by atoms with E-state index < -0.39 is 12.1 Å². The molecule has 0 aromatic rings. The van der Waals surface area contributed by atoms with Gasteiger partial charge in [0.05, 0.1) is 7.11 Å². The summed E-state index contributed by atoms with van der Waals surface area (Å²) in [6, 6.07) is 0. The van der Waals surface area contributed by atoms with Gasteiger partial charge in [0.1, 0.15) is 6.10 Å². The second-order valence-corrected chi connectivity index (χ2v) is 7.29. The fourth-order valence-electron chi connectivity index (χ4n) is 2.74. The Balaban J connectivity index is -0.000000340. The van der Waals surface area contributed by atoms with Gasteiger partial charge in [-0.05, 0) is 13.3 Å². The van der Waals surface area contributed by atoms with E-state index >= 15 is 0 Å². The van der Waals surface area contributed by atoms with Gasteiger partial charge < -0.3 is 16.4 Å². The van der Waals surface area contributed by atoms with Crippen LogP contribution in [0.25, 0.3) is 0 Å². The SMILES string of the molecule is CC(O)C(=O)O.CCCCCCCCCCCCCCCCCC(=O)OC.[H-].[K+]. The van der Waals surface area contributed by atoms with Crippen molar-refractivity contribution in [1.29, 1.82) is 0 Å². The summed E-state index contributed by atoms with van der Waals surface area (Å²) in [5.41, 5.74) is 0. The predicted octanol–water partition coefficient (Wildman–Crippen LogP) is 2.99. The molecule has 1 unspecified atom stereocenters. The predicted molar refractivity (Wildman–Crippen MR) is 112 cm³/mol. The first-order chi connectivity index (χ1) is 13.0. The van der Waals surface area contributed by atoms with Crippen molar-refractivity contribution in [3.8, 4) is 0 Å². The first kappa shape index (κ1) is 33.2. The minimum absolute atomic E-state index is 0. The number of aliphatic hydroxyl groups excluding tert-OH is 1. The van der Waals surface area contributed by atoms with E-state index in [1.807, 2.05) is 0 Å². The third-order valence-electron chi connectivity index (χ3n) is 4.57. The zero-order valence-electron chi connectivity index (χ0n) is 20.0. The molecule has 5 nitrogen and oxygen atoms in total. The molecule has 0 radical (unpaired) electrons. The van der Waals surface area contributed by atoms with Crippen LogP contribution in [0.2, 0.25) is 0 Å². The summed E-state index contributed by atoms with van der Waals surface area (Å²) in [5, 5.41) is 15.8. The number of carboxylic acids is 1. The molecule has 0 saturated carbocycles. The molecule has 0 aliphatic carbocycles. The van der Waals surface area contributed by atoms with Crippen LogP contribution >= 0.6 is 0 Å². The summed E-state index contributed by atoms with van der Waals surface area (Å²) in [6.07, 6.45) is 19.7. The van der Waals surface area contributed by atoms with Crippen molar-refractivity contribution in [1.82, 2.24) is 0 Å². The molecule has 0 aliphatic heterocycles. The van der Waals surface area contributed by atoms with Gasteiger partial charge in [-0.25, -0.2) is 4.79 Å². The average molecular weight is 429 g/mol. The van der Waals surface area contributed by atoms with Crippen LogP contribution in [0.4, 0.5) is 0 Å². The molecule has 0 bridgehead atoms. The number of methoxy groups -OCH3 is 1. The number of aliphatic carboxylic acids is 1. The van der Waals surface area contributed by atoms with Gasteiger partial charge in [-0.15, -0.1) is 0 Å². The Morgan fingerprint density at radius 3 is 1.32 bits per heavy atom. The minimum Gasteiger partial charge on any atom is -1.00 e. The standard InChI is InChI=1S/C19H38O2.C3H6O3.K.H/c1-3-4-5-6-7-8-9-10-11-12-13-14-15-16-17-18-19(20)21-2;1-2(4)3(5)6;;/h3-18H2,1-2H3;2,4H,1H3,(H,5,6);;/q;;+1;-1. The molecule has 0 aromatic heterocycles. The van der Waals surface area contributed by atoms with Crippen molar-refractivity contribution < 1.29 is 77.4 Å². The third kappa shape index (κ3) is 31.2. The largest absolute Gasteiger partial charge is 1.00 e. The minimum atomic E-state index is -1.23. The van der Waals surface area contributed by atoms with Gasteiger partial charge in [-0.2, -0.15) is 0 Å². The molecule has 0 spiro atoms. The van der Waals surface area contributed by atoms with Crippen molar-refractivity contribution in [2.75, 3.05) is 7.11 Å². The van der Waals surface area contributed by atoms with Crippen LogP contribution in [0.3, 0.4) is 0 Å². The van der Waals surface area contributed by atoms with E-state index in [0.29, 0.717) is 6.42 Å². The molecular formula is C22H45KO5. The number of carboxylic acid groups (broad SMARTS) is 1. The molecule has 6 heteroatoms. The van der Waals surface area contributed by atoms with Crippen molar-refractivity contribution in [3.05, 3.63) is 0 Å². The van der Waals surface area contributed by atoms with Crippen LogP contribution in [0, 0.1) is 0 Å². The van der Waals surface area contributed by atoms with Gasteiger partial charge in [0.15, 0.2) is 0 Å². The van der Waals surface area contributed by atoms with Crippen molar-refractivity contribution in [2.45, 2.75) is 123 Å². The molecule has 0 amide bonds. The van der Waals surface area contributed by atoms with E-state index in [2.05, 4.69) is 11.7 Å². The van der Waals surface area contributed by atoms with Crippen LogP contribution in [-0.2, 0) is 14.3 Å². The molecule has 0 heterocycles. The van der Waals surface area contributed by atoms with Crippen molar-refractivity contribution >= 4 is 11.9 Å². The second kappa shape index (κ2) is 27.5. The molecule has 28 heavy (non-hydrogen) atoms. The zero-order valence-corrected chi connectivity index (χ0v) is 22.1. The number of rotatable bonds is 17. The summed E-state index contributed by atoms with van der Waals surface area (Å²) < 4.78 is 4.63. The van der Waals surface area contributed by atoms with Gasteiger partial charge in [-0.3, -0.25) is 4.79 Å². The molecule has 0 fully saturated rings. The summed E-state index contributed by atoms with van der Waals surface area (Å²) in [5.74, 6) is -1.25. The Labute approximate surface area is 217 Å². The Bertz CT molecular complexity index is 341. The van der Waals surface area contributed by atoms with Crippen molar-refractivity contribution in [3.63, 3.8) is 0 Å². The van der Waals surface area contributed by atoms with Crippen molar-refractivity contribution in [2.24, 2.45) is 0 Å². The molecule has 0 aliphatic rings. The number of carbonyl (C=O) groups excluding carboxylic acids is 1. The molecular weight excluding hydrogens is 383 g/mol. The van der Waals surface area contributed by atoms with Crippen LogP contribution in [0.5, 0.6) is 0 Å². The summed E-state index contributed by atoms with van der Waals surface area (Å²) >= 11 is 0. The first-order valence-electron chi connectivity index (χ1n) is 10.9. The van der Waals surface area contributed by atoms with Crippen LogP contribution < -0.4 is 51.4 Å². The first-order valence-corrected chi connectivity index (χ1v) is 10.9. The molecule has 0 aromatic carbocycles. The molecule has 2 N–H and O–H groups in total. The second-order valence-electron chi connectivity index (χ2n) is 7.29. The molecule has 164 valence electrons. The van der Waals surface area contributed by atoms with E-state index in [9.17, 15) is 9.59 Å². The quantitative estimate of drug-likeness (QED) is 0.211. The summed E-state index contributed by atoms with van der Waals surface area (Å²) in [7, 11) is 1.47. The Morgan fingerprint density at radius 1 is 0.786 bits per heavy atom. The fraction of sp³-hybridized carbons (Fsp3) is 0.909. The number of carbonyl (C=O) groups is 2. The number of ether oxygens (including phenoxy) is 1. The number of hydrogen-bond acceptors (Lipinski definition) is 4.